The van der Waals surface area contributed by atoms with Gasteiger partial charge in [0.1, 0.15) is 11.5 Å². The van der Waals surface area contributed by atoms with Gasteiger partial charge in [-0.3, -0.25) is 0 Å². The van der Waals surface area contributed by atoms with Crippen LogP contribution in [-0.4, -0.2) is 12.7 Å². The van der Waals surface area contributed by atoms with Crippen molar-refractivity contribution < 1.29 is 18.6 Å². The largest absolute Gasteiger partial charge is 0.449 e. The van der Waals surface area contributed by atoms with Crippen molar-refractivity contribution >= 4 is 20.3 Å². The molecule has 0 atom stereocenters. The Morgan fingerprint density at radius 2 is 1.32 bits per heavy atom. The number of anilines is 1. The molecule has 0 aromatic heterocycles. The summed E-state index contributed by atoms with van der Waals surface area (Å²) in [5.74, 6) is 1.56. The molecule has 0 spiro atoms. The maximum absolute atomic E-state index is 13.5. The SMILES string of the molecule is CCOC(=O)N(c1ccccc1)P1Oc2c(cc(C)cc2C(C)(C)C)Cc2cc(C)cc(C(C)(C)C)c2O1. The van der Waals surface area contributed by atoms with Crippen molar-refractivity contribution in [1.29, 1.82) is 0 Å². The molecule has 3 aromatic carbocycles. The van der Waals surface area contributed by atoms with Gasteiger partial charge in [0.25, 0.3) is 0 Å². The van der Waals surface area contributed by atoms with E-state index in [1.54, 1.807) is 6.92 Å². The van der Waals surface area contributed by atoms with Crippen LogP contribution in [0.15, 0.2) is 54.6 Å². The fraction of sp³-hybridized carbons (Fsp3) is 0.406. The molecule has 0 N–H and O–H groups in total. The van der Waals surface area contributed by atoms with E-state index in [1.807, 2.05) is 30.3 Å². The third-order valence-electron chi connectivity index (χ3n) is 6.56. The molecule has 3 aromatic rings. The van der Waals surface area contributed by atoms with E-state index in [2.05, 4.69) is 79.7 Å². The minimum Gasteiger partial charge on any atom is -0.449 e. The summed E-state index contributed by atoms with van der Waals surface area (Å²) in [6.07, 6.45) is 0.177. The first-order valence-corrected chi connectivity index (χ1v) is 14.4. The summed E-state index contributed by atoms with van der Waals surface area (Å²) in [5, 5.41) is 0. The number of benzene rings is 3. The van der Waals surface area contributed by atoms with Gasteiger partial charge in [-0.25, -0.2) is 4.79 Å². The maximum atomic E-state index is 13.5. The number of aryl methyl sites for hydroxylation is 2. The van der Waals surface area contributed by atoms with Crippen LogP contribution in [0.3, 0.4) is 0 Å². The summed E-state index contributed by atoms with van der Waals surface area (Å²) in [5.41, 5.74) is 7.03. The van der Waals surface area contributed by atoms with Gasteiger partial charge in [0.2, 0.25) is 0 Å². The standard InChI is InChI=1S/C32H40NO4P/c1-10-35-30(34)33(25-14-12-11-13-15-25)38-36-28-23(16-21(2)18-26(28)31(4,5)6)20-24-17-22(3)19-27(29(24)37-38)32(7,8)9/h11-19H,10,20H2,1-9H3. The van der Waals surface area contributed by atoms with Crippen LogP contribution < -0.4 is 13.7 Å². The van der Waals surface area contributed by atoms with Crippen molar-refractivity contribution in [1.82, 2.24) is 0 Å². The van der Waals surface area contributed by atoms with Crippen molar-refractivity contribution in [3.8, 4) is 11.5 Å². The van der Waals surface area contributed by atoms with Crippen LogP contribution >= 0.6 is 8.53 Å². The quantitative estimate of drug-likeness (QED) is 0.315. The van der Waals surface area contributed by atoms with Crippen molar-refractivity contribution in [2.45, 2.75) is 79.6 Å². The Bertz CT molecular complexity index is 1250. The van der Waals surface area contributed by atoms with Gasteiger partial charge in [-0.05, 0) is 54.9 Å². The van der Waals surface area contributed by atoms with E-state index in [-0.39, 0.29) is 17.4 Å². The van der Waals surface area contributed by atoms with E-state index < -0.39 is 14.6 Å². The lowest BCUT2D eigenvalue weighted by Crippen LogP contribution is -2.31. The maximum Gasteiger partial charge on any atom is 0.427 e. The lowest BCUT2D eigenvalue weighted by Gasteiger charge is -2.35. The highest BCUT2D eigenvalue weighted by molar-refractivity contribution is 7.51. The molecule has 0 unspecified atom stereocenters. The number of para-hydroxylation sites is 1. The van der Waals surface area contributed by atoms with Crippen molar-refractivity contribution in [3.05, 3.63) is 88.0 Å². The van der Waals surface area contributed by atoms with Crippen molar-refractivity contribution in [2.75, 3.05) is 11.3 Å². The number of carbonyl (C=O) groups is 1. The summed E-state index contributed by atoms with van der Waals surface area (Å²) < 4.78 is 20.8. The zero-order valence-electron chi connectivity index (χ0n) is 24.1. The smallest absolute Gasteiger partial charge is 0.427 e. The molecule has 0 fully saturated rings. The lowest BCUT2D eigenvalue weighted by molar-refractivity contribution is 0.163. The van der Waals surface area contributed by atoms with Gasteiger partial charge in [-0.15, -0.1) is 0 Å². The Morgan fingerprint density at radius 1 is 0.842 bits per heavy atom. The Morgan fingerprint density at radius 3 is 1.74 bits per heavy atom. The van der Waals surface area contributed by atoms with E-state index in [0.717, 1.165) is 33.8 Å². The summed E-state index contributed by atoms with van der Waals surface area (Å²) in [6, 6.07) is 18.2. The summed E-state index contributed by atoms with van der Waals surface area (Å²) in [6.45, 7) is 19.4. The molecular formula is C32H40NO4P. The van der Waals surface area contributed by atoms with Crippen LogP contribution in [0.25, 0.3) is 0 Å². The Balaban J connectivity index is 2.03. The summed E-state index contributed by atoms with van der Waals surface area (Å²) in [7, 11) is -1.97. The average molecular weight is 534 g/mol. The molecule has 1 aliphatic heterocycles. The van der Waals surface area contributed by atoms with E-state index in [0.29, 0.717) is 12.1 Å². The third-order valence-corrected chi connectivity index (χ3v) is 7.96. The molecule has 0 saturated heterocycles. The van der Waals surface area contributed by atoms with E-state index in [1.165, 1.54) is 15.8 Å². The molecular weight excluding hydrogens is 493 g/mol. The van der Waals surface area contributed by atoms with Crippen LogP contribution in [0.2, 0.25) is 0 Å². The molecule has 38 heavy (non-hydrogen) atoms. The van der Waals surface area contributed by atoms with E-state index in [9.17, 15) is 4.79 Å². The highest BCUT2D eigenvalue weighted by Crippen LogP contribution is 2.54. The highest BCUT2D eigenvalue weighted by Gasteiger charge is 2.39. The second-order valence-corrected chi connectivity index (χ2v) is 13.3. The number of ether oxygens (including phenoxy) is 1. The Kier molecular flexibility index (Phi) is 7.81. The minimum absolute atomic E-state index is 0.177. The molecule has 0 bridgehead atoms. The number of rotatable bonds is 3. The number of nitrogens with zero attached hydrogens (tertiary/aromatic N) is 1. The first-order valence-electron chi connectivity index (χ1n) is 13.3. The highest BCUT2D eigenvalue weighted by atomic mass is 31.2. The van der Waals surface area contributed by atoms with Gasteiger partial charge in [0.05, 0.1) is 12.3 Å². The number of fused-ring (bicyclic) bond motifs is 2. The number of carbonyl (C=O) groups excluding carboxylic acids is 1. The summed E-state index contributed by atoms with van der Waals surface area (Å²) >= 11 is 0. The van der Waals surface area contributed by atoms with Gasteiger partial charge in [0, 0.05) is 17.5 Å². The van der Waals surface area contributed by atoms with Gasteiger partial charge >= 0.3 is 14.6 Å². The lowest BCUT2D eigenvalue weighted by atomic mass is 9.81. The molecule has 0 aliphatic carbocycles. The Labute approximate surface area is 229 Å². The molecule has 6 heteroatoms. The molecule has 0 saturated carbocycles. The minimum atomic E-state index is -1.97. The fourth-order valence-corrected chi connectivity index (χ4v) is 6.23. The topological polar surface area (TPSA) is 48.0 Å². The van der Waals surface area contributed by atoms with E-state index in [4.69, 9.17) is 13.8 Å². The zero-order chi connectivity index (χ0) is 27.8. The first-order chi connectivity index (χ1) is 17.8. The first kappa shape index (κ1) is 28.0. The second-order valence-electron chi connectivity index (χ2n) is 12.0. The fourth-order valence-electron chi connectivity index (χ4n) is 4.77. The van der Waals surface area contributed by atoms with Crippen LogP contribution in [0.4, 0.5) is 10.5 Å². The van der Waals surface area contributed by atoms with Gasteiger partial charge in [-0.1, -0.05) is 95.1 Å². The number of amides is 1. The summed E-state index contributed by atoms with van der Waals surface area (Å²) in [4.78, 5) is 13.5. The van der Waals surface area contributed by atoms with E-state index >= 15 is 0 Å². The number of hydrogen-bond acceptors (Lipinski definition) is 4. The molecule has 1 aliphatic rings. The predicted molar refractivity (Wildman–Crippen MR) is 157 cm³/mol. The van der Waals surface area contributed by atoms with Crippen LogP contribution in [-0.2, 0) is 22.0 Å². The zero-order valence-corrected chi connectivity index (χ0v) is 25.0. The second kappa shape index (κ2) is 10.6. The predicted octanol–water partition coefficient (Wildman–Crippen LogP) is 9.15. The number of hydrogen-bond donors (Lipinski definition) is 0. The van der Waals surface area contributed by atoms with Crippen molar-refractivity contribution in [3.63, 3.8) is 0 Å². The normalized spacial score (nSPS) is 13.8. The van der Waals surface area contributed by atoms with Crippen LogP contribution in [0.5, 0.6) is 11.5 Å². The molecule has 202 valence electrons. The van der Waals surface area contributed by atoms with Gasteiger partial charge in [0.15, 0.2) is 0 Å². The van der Waals surface area contributed by atoms with Crippen molar-refractivity contribution in [2.24, 2.45) is 0 Å². The molecule has 0 radical (unpaired) electrons. The Hall–Kier alpha value is -3.04. The third kappa shape index (κ3) is 5.83. The molecule has 5 nitrogen and oxygen atoms in total. The molecule has 1 heterocycles. The average Bonchev–Trinajstić information content (AvgIpc) is 2.80. The van der Waals surface area contributed by atoms with Gasteiger partial charge < -0.3 is 13.8 Å². The van der Waals surface area contributed by atoms with Gasteiger partial charge in [-0.2, -0.15) is 4.67 Å². The van der Waals surface area contributed by atoms with Crippen LogP contribution in [0, 0.1) is 13.8 Å². The van der Waals surface area contributed by atoms with Crippen LogP contribution in [0.1, 0.15) is 81.8 Å². The molecule has 1 amide bonds. The monoisotopic (exact) mass is 533 g/mol. The molecule has 4 rings (SSSR count).